The maximum Gasteiger partial charge on any atom is 0.336 e. The Hall–Kier alpha value is -2.88. The van der Waals surface area contributed by atoms with Gasteiger partial charge in [-0.1, -0.05) is 48.5 Å². The van der Waals surface area contributed by atoms with Crippen molar-refractivity contribution in [2.45, 2.75) is 12.8 Å². The highest BCUT2D eigenvalue weighted by Gasteiger charge is 2.29. The largest absolute Gasteiger partial charge is 0.478 e. The number of hydrogen-bond donors (Lipinski definition) is 2. The molecule has 0 heterocycles. The molecule has 0 atom stereocenters. The molecule has 0 unspecified atom stereocenters. The molecule has 0 radical (unpaired) electrons. The van der Waals surface area contributed by atoms with Gasteiger partial charge in [-0.3, -0.25) is 0 Å². The molecular weight excluding hydrogens is 280 g/mol. The van der Waals surface area contributed by atoms with Crippen LogP contribution in [0.25, 0.3) is 16.7 Å². The zero-order chi connectivity index (χ0) is 15.7. The van der Waals surface area contributed by atoms with Crippen LogP contribution in [0, 0.1) is 0 Å². The minimum absolute atomic E-state index is 0.0230. The van der Waals surface area contributed by atoms with Gasteiger partial charge in [0.15, 0.2) is 0 Å². The molecule has 0 spiro atoms. The molecule has 0 aromatic heterocycles. The van der Waals surface area contributed by atoms with Crippen LogP contribution in [0.2, 0.25) is 0 Å². The normalized spacial score (nSPS) is 13.6. The molecule has 1 aliphatic carbocycles. The van der Waals surface area contributed by atoms with E-state index in [9.17, 15) is 19.8 Å². The van der Waals surface area contributed by atoms with Gasteiger partial charge in [0.2, 0.25) is 0 Å². The zero-order valence-electron chi connectivity index (χ0n) is 11.7. The molecule has 0 fully saturated rings. The van der Waals surface area contributed by atoms with Gasteiger partial charge < -0.3 is 10.2 Å². The van der Waals surface area contributed by atoms with Gasteiger partial charge in [-0.15, -0.1) is 0 Å². The van der Waals surface area contributed by atoms with Crippen LogP contribution >= 0.6 is 0 Å². The fourth-order valence-electron chi connectivity index (χ4n) is 2.97. The van der Waals surface area contributed by atoms with E-state index >= 15 is 0 Å². The van der Waals surface area contributed by atoms with E-state index in [1.165, 1.54) is 0 Å². The van der Waals surface area contributed by atoms with E-state index in [0.717, 1.165) is 16.7 Å². The average molecular weight is 294 g/mol. The van der Waals surface area contributed by atoms with Crippen molar-refractivity contribution >= 4 is 17.5 Å². The minimum Gasteiger partial charge on any atom is -0.478 e. The molecule has 2 N–H and O–H groups in total. The van der Waals surface area contributed by atoms with E-state index in [1.807, 2.05) is 36.4 Å². The Balaban J connectivity index is 2.25. The number of carbonyl (C=O) groups is 2. The molecule has 4 nitrogen and oxygen atoms in total. The first kappa shape index (κ1) is 14.1. The lowest BCUT2D eigenvalue weighted by Gasteiger charge is -2.22. The molecule has 0 amide bonds. The van der Waals surface area contributed by atoms with E-state index in [4.69, 9.17) is 0 Å². The topological polar surface area (TPSA) is 74.6 Å². The summed E-state index contributed by atoms with van der Waals surface area (Å²) in [6, 6.07) is 15.1. The van der Waals surface area contributed by atoms with Gasteiger partial charge in [-0.05, 0) is 35.1 Å². The number of benzene rings is 2. The number of rotatable bonds is 3. The van der Waals surface area contributed by atoms with Gasteiger partial charge in [0.1, 0.15) is 0 Å². The summed E-state index contributed by atoms with van der Waals surface area (Å²) in [5.74, 6) is -2.35. The average Bonchev–Trinajstić information content (AvgIpc) is 2.53. The second-order valence-corrected chi connectivity index (χ2v) is 5.16. The Labute approximate surface area is 127 Å². The molecule has 4 heteroatoms. The monoisotopic (exact) mass is 294 g/mol. The highest BCUT2D eigenvalue weighted by molar-refractivity contribution is 6.23. The fraction of sp³-hybridized carbons (Fsp3) is 0.111. The molecule has 3 rings (SSSR count). The van der Waals surface area contributed by atoms with Crippen molar-refractivity contribution in [1.29, 1.82) is 0 Å². The van der Waals surface area contributed by atoms with E-state index < -0.39 is 11.9 Å². The Morgan fingerprint density at radius 3 is 2.09 bits per heavy atom. The summed E-state index contributed by atoms with van der Waals surface area (Å²) in [4.78, 5) is 22.9. The van der Waals surface area contributed by atoms with Crippen LogP contribution in [-0.4, -0.2) is 22.2 Å². The predicted octanol–water partition coefficient (Wildman–Crippen LogP) is 3.22. The summed E-state index contributed by atoms with van der Waals surface area (Å²) in [6.45, 7) is 0. The molecule has 110 valence electrons. The van der Waals surface area contributed by atoms with Crippen molar-refractivity contribution in [3.8, 4) is 11.1 Å². The first-order chi connectivity index (χ1) is 10.6. The van der Waals surface area contributed by atoms with Crippen molar-refractivity contribution in [2.75, 3.05) is 0 Å². The minimum atomic E-state index is -1.19. The SMILES string of the molecule is O=C(O)C1=C(C(=O)O)c2cccc(-c3ccccc3)c2CC1. The Morgan fingerprint density at radius 1 is 0.773 bits per heavy atom. The first-order valence-electron chi connectivity index (χ1n) is 6.97. The lowest BCUT2D eigenvalue weighted by Crippen LogP contribution is -2.17. The Bertz CT molecular complexity index is 788. The van der Waals surface area contributed by atoms with E-state index in [1.54, 1.807) is 12.1 Å². The summed E-state index contributed by atoms with van der Waals surface area (Å²) in [5.41, 5.74) is 3.26. The summed E-state index contributed by atoms with van der Waals surface area (Å²) >= 11 is 0. The quantitative estimate of drug-likeness (QED) is 0.911. The van der Waals surface area contributed by atoms with Crippen molar-refractivity contribution in [3.63, 3.8) is 0 Å². The smallest absolute Gasteiger partial charge is 0.336 e. The van der Waals surface area contributed by atoms with Crippen LogP contribution in [0.3, 0.4) is 0 Å². The molecule has 0 saturated carbocycles. The van der Waals surface area contributed by atoms with Gasteiger partial charge in [0.25, 0.3) is 0 Å². The number of carboxylic acids is 2. The van der Waals surface area contributed by atoms with Gasteiger partial charge in [0, 0.05) is 0 Å². The number of fused-ring (bicyclic) bond motifs is 1. The van der Waals surface area contributed by atoms with Crippen LogP contribution in [0.15, 0.2) is 54.1 Å². The van der Waals surface area contributed by atoms with E-state index in [2.05, 4.69) is 0 Å². The molecule has 1 aliphatic rings. The molecule has 2 aromatic carbocycles. The summed E-state index contributed by atoms with van der Waals surface area (Å²) in [5, 5.41) is 18.7. The predicted molar refractivity (Wildman–Crippen MR) is 82.4 cm³/mol. The maximum atomic E-state index is 11.6. The molecular formula is C18H14O4. The van der Waals surface area contributed by atoms with Crippen LogP contribution in [0.1, 0.15) is 17.5 Å². The third-order valence-electron chi connectivity index (χ3n) is 3.93. The maximum absolute atomic E-state index is 11.6. The number of carboxylic acid groups (broad SMARTS) is 2. The van der Waals surface area contributed by atoms with E-state index in [-0.39, 0.29) is 17.6 Å². The Kier molecular flexibility index (Phi) is 3.51. The summed E-state index contributed by atoms with van der Waals surface area (Å²) < 4.78 is 0. The molecule has 0 bridgehead atoms. The summed E-state index contributed by atoms with van der Waals surface area (Å²) in [7, 11) is 0. The third kappa shape index (κ3) is 2.29. The van der Waals surface area contributed by atoms with Gasteiger partial charge in [-0.2, -0.15) is 0 Å². The van der Waals surface area contributed by atoms with Crippen LogP contribution in [-0.2, 0) is 16.0 Å². The van der Waals surface area contributed by atoms with Crippen molar-refractivity contribution in [3.05, 3.63) is 65.2 Å². The third-order valence-corrected chi connectivity index (χ3v) is 3.93. The van der Waals surface area contributed by atoms with Crippen molar-refractivity contribution in [2.24, 2.45) is 0 Å². The number of aliphatic carboxylic acids is 2. The second-order valence-electron chi connectivity index (χ2n) is 5.16. The van der Waals surface area contributed by atoms with Gasteiger partial charge in [-0.25, -0.2) is 9.59 Å². The lowest BCUT2D eigenvalue weighted by molar-refractivity contribution is -0.134. The second kappa shape index (κ2) is 5.48. The van der Waals surface area contributed by atoms with E-state index in [0.29, 0.717) is 12.0 Å². The molecule has 0 aliphatic heterocycles. The number of hydrogen-bond acceptors (Lipinski definition) is 2. The highest BCUT2D eigenvalue weighted by atomic mass is 16.4. The zero-order valence-corrected chi connectivity index (χ0v) is 11.7. The first-order valence-corrected chi connectivity index (χ1v) is 6.97. The molecule has 2 aromatic rings. The van der Waals surface area contributed by atoms with Crippen molar-refractivity contribution in [1.82, 2.24) is 0 Å². The standard InChI is InChI=1S/C18H14O4/c19-17(20)15-10-9-13-12(11-5-2-1-3-6-11)7-4-8-14(13)16(15)18(21)22/h1-8H,9-10H2,(H,19,20)(H,21,22). The Morgan fingerprint density at radius 2 is 1.45 bits per heavy atom. The van der Waals surface area contributed by atoms with Gasteiger partial charge >= 0.3 is 11.9 Å². The summed E-state index contributed by atoms with van der Waals surface area (Å²) in [6.07, 6.45) is 0.757. The van der Waals surface area contributed by atoms with Crippen LogP contribution in [0.4, 0.5) is 0 Å². The highest BCUT2D eigenvalue weighted by Crippen LogP contribution is 2.37. The van der Waals surface area contributed by atoms with Crippen LogP contribution in [0.5, 0.6) is 0 Å². The molecule has 0 saturated heterocycles. The molecule has 22 heavy (non-hydrogen) atoms. The lowest BCUT2D eigenvalue weighted by atomic mass is 9.81. The van der Waals surface area contributed by atoms with Crippen molar-refractivity contribution < 1.29 is 19.8 Å². The van der Waals surface area contributed by atoms with Crippen LogP contribution < -0.4 is 0 Å². The fourth-order valence-corrected chi connectivity index (χ4v) is 2.97. The van der Waals surface area contributed by atoms with Gasteiger partial charge in [0.05, 0.1) is 11.1 Å².